The number of fused-ring (bicyclic) bond motifs is 1. The number of alkyl carbamates (subject to hydrolysis) is 1. The minimum atomic E-state index is -0.560. The monoisotopic (exact) mass is 386 g/mol. The van der Waals surface area contributed by atoms with Crippen LogP contribution in [0.1, 0.15) is 80.0 Å². The summed E-state index contributed by atoms with van der Waals surface area (Å²) in [6.07, 6.45) is 5.50. The highest BCUT2D eigenvalue weighted by Crippen LogP contribution is 2.34. The van der Waals surface area contributed by atoms with Gasteiger partial charge in [-0.05, 0) is 58.1 Å². The number of benzene rings is 1. The molecule has 0 bridgehead atoms. The summed E-state index contributed by atoms with van der Waals surface area (Å²) in [6.45, 7) is 5.81. The van der Waals surface area contributed by atoms with Crippen molar-refractivity contribution in [3.63, 3.8) is 0 Å². The molecule has 1 aromatic carbocycles. The highest BCUT2D eigenvalue weighted by atomic mass is 16.6. The van der Waals surface area contributed by atoms with Gasteiger partial charge in [0.25, 0.3) is 11.8 Å². The topological polar surface area (TPSA) is 75.7 Å². The van der Waals surface area contributed by atoms with Gasteiger partial charge in [0.15, 0.2) is 0 Å². The number of carbonyl (C=O) groups excluding carboxylic acids is 3. The zero-order valence-corrected chi connectivity index (χ0v) is 17.0. The molecular weight excluding hydrogens is 356 g/mol. The largest absolute Gasteiger partial charge is 0.444 e. The van der Waals surface area contributed by atoms with Crippen molar-refractivity contribution < 1.29 is 19.1 Å². The number of ether oxygens (including phenoxy) is 1. The summed E-state index contributed by atoms with van der Waals surface area (Å²) in [5.74, 6) is -0.154. The van der Waals surface area contributed by atoms with Crippen molar-refractivity contribution in [2.24, 2.45) is 5.92 Å². The molecule has 1 fully saturated rings. The van der Waals surface area contributed by atoms with E-state index in [-0.39, 0.29) is 23.8 Å². The van der Waals surface area contributed by atoms with E-state index in [1.165, 1.54) is 11.3 Å². The predicted molar refractivity (Wildman–Crippen MR) is 106 cm³/mol. The molecule has 152 valence electrons. The molecular formula is C22H30N2O4. The van der Waals surface area contributed by atoms with E-state index in [0.717, 1.165) is 25.7 Å². The molecule has 3 rings (SSSR count). The Hall–Kier alpha value is -2.37. The fourth-order valence-electron chi connectivity index (χ4n) is 4.24. The van der Waals surface area contributed by atoms with Gasteiger partial charge < -0.3 is 10.1 Å². The van der Waals surface area contributed by atoms with Crippen molar-refractivity contribution in [1.82, 2.24) is 10.2 Å². The number of hydrogen-bond donors (Lipinski definition) is 1. The van der Waals surface area contributed by atoms with Gasteiger partial charge in [-0.2, -0.15) is 0 Å². The van der Waals surface area contributed by atoms with Crippen LogP contribution >= 0.6 is 0 Å². The van der Waals surface area contributed by atoms with Gasteiger partial charge in [-0.15, -0.1) is 0 Å². The van der Waals surface area contributed by atoms with E-state index in [9.17, 15) is 14.4 Å². The normalized spacial score (nSPS) is 18.8. The van der Waals surface area contributed by atoms with Gasteiger partial charge in [-0.3, -0.25) is 14.5 Å². The lowest BCUT2D eigenvalue weighted by atomic mass is 9.82. The third-order valence-electron chi connectivity index (χ3n) is 5.46. The van der Waals surface area contributed by atoms with E-state index in [1.54, 1.807) is 24.3 Å². The Morgan fingerprint density at radius 1 is 1.11 bits per heavy atom. The Bertz CT molecular complexity index is 712. The first-order valence-corrected chi connectivity index (χ1v) is 10.2. The van der Waals surface area contributed by atoms with Crippen LogP contribution in [-0.2, 0) is 4.74 Å². The highest BCUT2D eigenvalue weighted by molar-refractivity contribution is 6.21. The quantitative estimate of drug-likeness (QED) is 0.772. The molecule has 6 heteroatoms. The van der Waals surface area contributed by atoms with Gasteiger partial charge in [0.2, 0.25) is 0 Å². The highest BCUT2D eigenvalue weighted by Gasteiger charge is 2.42. The smallest absolute Gasteiger partial charge is 0.407 e. The van der Waals surface area contributed by atoms with Crippen LogP contribution in [0.15, 0.2) is 24.3 Å². The van der Waals surface area contributed by atoms with E-state index in [2.05, 4.69) is 5.32 Å². The fourth-order valence-corrected chi connectivity index (χ4v) is 4.24. The second kappa shape index (κ2) is 8.33. The standard InChI is InChI=1S/C22H30N2O4/c1-22(2,3)28-21(27)23-14-13-18(15-9-5-4-6-10-15)24-19(25)16-11-7-8-12-17(16)20(24)26/h7-8,11-12,15,18H,4-6,9-10,13-14H2,1-3H3,(H,23,27). The Labute approximate surface area is 166 Å². The van der Waals surface area contributed by atoms with Crippen LogP contribution in [0.4, 0.5) is 4.79 Å². The Morgan fingerprint density at radius 2 is 1.68 bits per heavy atom. The molecule has 1 aliphatic carbocycles. The lowest BCUT2D eigenvalue weighted by molar-refractivity contribution is 0.0467. The van der Waals surface area contributed by atoms with E-state index < -0.39 is 11.7 Å². The molecule has 0 saturated heterocycles. The molecule has 1 N–H and O–H groups in total. The average molecular weight is 386 g/mol. The number of nitrogens with zero attached hydrogens (tertiary/aromatic N) is 1. The number of rotatable bonds is 5. The first kappa shape index (κ1) is 20.4. The van der Waals surface area contributed by atoms with Crippen molar-refractivity contribution in [3.05, 3.63) is 35.4 Å². The van der Waals surface area contributed by atoms with Crippen molar-refractivity contribution in [1.29, 1.82) is 0 Å². The number of amides is 3. The minimum Gasteiger partial charge on any atom is -0.444 e. The summed E-state index contributed by atoms with van der Waals surface area (Å²) in [5, 5.41) is 2.77. The summed E-state index contributed by atoms with van der Waals surface area (Å²) >= 11 is 0. The maximum atomic E-state index is 13.0. The van der Waals surface area contributed by atoms with Crippen molar-refractivity contribution in [3.8, 4) is 0 Å². The van der Waals surface area contributed by atoms with Crippen molar-refractivity contribution in [2.45, 2.75) is 70.9 Å². The van der Waals surface area contributed by atoms with Gasteiger partial charge in [0, 0.05) is 12.6 Å². The van der Waals surface area contributed by atoms with Crippen LogP contribution < -0.4 is 5.32 Å². The predicted octanol–water partition coefficient (Wildman–Crippen LogP) is 4.15. The van der Waals surface area contributed by atoms with Gasteiger partial charge in [-0.25, -0.2) is 4.79 Å². The van der Waals surface area contributed by atoms with Gasteiger partial charge in [0.1, 0.15) is 5.60 Å². The molecule has 28 heavy (non-hydrogen) atoms. The number of nitrogens with one attached hydrogen (secondary N) is 1. The zero-order valence-electron chi connectivity index (χ0n) is 17.0. The number of hydrogen-bond acceptors (Lipinski definition) is 4. The zero-order chi connectivity index (χ0) is 20.3. The third-order valence-corrected chi connectivity index (χ3v) is 5.46. The van der Waals surface area contributed by atoms with Crippen molar-refractivity contribution in [2.75, 3.05) is 6.54 Å². The molecule has 0 aromatic heterocycles. The maximum Gasteiger partial charge on any atom is 0.407 e. The summed E-state index contributed by atoms with van der Waals surface area (Å²) in [7, 11) is 0. The number of imide groups is 1. The molecule has 1 heterocycles. The second-order valence-electron chi connectivity index (χ2n) is 8.71. The third kappa shape index (κ3) is 4.54. The second-order valence-corrected chi connectivity index (χ2v) is 8.71. The Morgan fingerprint density at radius 3 is 2.21 bits per heavy atom. The van der Waals surface area contributed by atoms with Gasteiger partial charge in [0.05, 0.1) is 11.1 Å². The minimum absolute atomic E-state index is 0.206. The molecule has 0 radical (unpaired) electrons. The van der Waals surface area contributed by atoms with Gasteiger partial charge >= 0.3 is 6.09 Å². The van der Waals surface area contributed by atoms with Crippen LogP contribution in [0.5, 0.6) is 0 Å². The lowest BCUT2D eigenvalue weighted by Crippen LogP contribution is -2.47. The van der Waals surface area contributed by atoms with E-state index in [0.29, 0.717) is 24.1 Å². The molecule has 1 aliphatic heterocycles. The van der Waals surface area contributed by atoms with E-state index in [4.69, 9.17) is 4.74 Å². The SMILES string of the molecule is CC(C)(C)OC(=O)NCCC(C1CCCCC1)N1C(=O)c2ccccc2C1=O. The Kier molecular flexibility index (Phi) is 6.06. The molecule has 1 unspecified atom stereocenters. The first-order valence-electron chi connectivity index (χ1n) is 10.2. The molecule has 1 atom stereocenters. The van der Waals surface area contributed by atoms with Gasteiger partial charge in [-0.1, -0.05) is 31.4 Å². The van der Waals surface area contributed by atoms with E-state index >= 15 is 0 Å². The molecule has 6 nitrogen and oxygen atoms in total. The van der Waals surface area contributed by atoms with Crippen molar-refractivity contribution >= 4 is 17.9 Å². The summed E-state index contributed by atoms with van der Waals surface area (Å²) in [5.41, 5.74) is 0.400. The van der Waals surface area contributed by atoms with Crippen LogP contribution in [-0.4, -0.2) is 41.0 Å². The van der Waals surface area contributed by atoms with Crippen LogP contribution in [0, 0.1) is 5.92 Å². The lowest BCUT2D eigenvalue weighted by Gasteiger charge is -2.35. The summed E-state index contributed by atoms with van der Waals surface area (Å²) in [6, 6.07) is 6.79. The summed E-state index contributed by atoms with van der Waals surface area (Å²) < 4.78 is 5.29. The average Bonchev–Trinajstić information content (AvgIpc) is 2.90. The molecule has 0 spiro atoms. The fraction of sp³-hybridized carbons (Fsp3) is 0.591. The first-order chi connectivity index (χ1) is 13.3. The molecule has 1 aromatic rings. The maximum absolute atomic E-state index is 13.0. The van der Waals surface area contributed by atoms with Crippen LogP contribution in [0.3, 0.4) is 0 Å². The molecule has 1 saturated carbocycles. The molecule has 3 amide bonds. The van der Waals surface area contributed by atoms with Crippen LogP contribution in [0.25, 0.3) is 0 Å². The Balaban J connectivity index is 1.72. The van der Waals surface area contributed by atoms with Crippen LogP contribution in [0.2, 0.25) is 0 Å². The number of carbonyl (C=O) groups is 3. The molecule has 2 aliphatic rings. The summed E-state index contributed by atoms with van der Waals surface area (Å²) in [4.78, 5) is 39.3. The van der Waals surface area contributed by atoms with E-state index in [1.807, 2.05) is 20.8 Å².